The lowest BCUT2D eigenvalue weighted by molar-refractivity contribution is 0.0778. The van der Waals surface area contributed by atoms with E-state index in [1.165, 1.54) is 6.07 Å². The van der Waals surface area contributed by atoms with E-state index in [9.17, 15) is 13.6 Å². The molecule has 1 aromatic rings. The predicted octanol–water partition coefficient (Wildman–Crippen LogP) is 2.67. The lowest BCUT2D eigenvalue weighted by Crippen LogP contribution is -2.39. The summed E-state index contributed by atoms with van der Waals surface area (Å²) in [7, 11) is 0. The average Bonchev–Trinajstić information content (AvgIpc) is 2.23. The Kier molecular flexibility index (Phi) is 3.24. The summed E-state index contributed by atoms with van der Waals surface area (Å²) in [6, 6.07) is 3.46. The number of carbonyl (C=O) groups excluding carboxylic acids is 1. The fourth-order valence-corrected chi connectivity index (χ4v) is 2.32. The van der Waals surface area contributed by atoms with Gasteiger partial charge in [-0.1, -0.05) is 12.5 Å². The molecule has 1 saturated carbocycles. The number of Topliss-reactive ketones (excluding diaryl/α,β-unsaturated/α-hetero) is 1. The number of nitrogens with two attached hydrogens (primary N) is 1. The van der Waals surface area contributed by atoms with Gasteiger partial charge in [0.1, 0.15) is 11.6 Å². The Labute approximate surface area is 98.8 Å². The quantitative estimate of drug-likeness (QED) is 0.821. The van der Waals surface area contributed by atoms with Crippen LogP contribution in [0, 0.1) is 17.0 Å². The van der Waals surface area contributed by atoms with E-state index in [0.717, 1.165) is 31.4 Å². The summed E-state index contributed by atoms with van der Waals surface area (Å²) in [5, 5.41) is 0. The van der Waals surface area contributed by atoms with E-state index in [1.54, 1.807) is 0 Å². The van der Waals surface area contributed by atoms with Crippen molar-refractivity contribution in [2.24, 2.45) is 11.1 Å². The Morgan fingerprint density at radius 2 is 1.88 bits per heavy atom. The topological polar surface area (TPSA) is 43.1 Å². The number of carbonyl (C=O) groups is 1. The molecule has 92 valence electrons. The minimum Gasteiger partial charge on any atom is -0.330 e. The Morgan fingerprint density at radius 3 is 2.29 bits per heavy atom. The maximum absolute atomic E-state index is 13.4. The molecule has 0 bridgehead atoms. The molecule has 0 atom stereocenters. The number of hydrogen-bond donors (Lipinski definition) is 1. The molecule has 0 unspecified atom stereocenters. The largest absolute Gasteiger partial charge is 0.330 e. The maximum Gasteiger partial charge on any atom is 0.169 e. The third kappa shape index (κ3) is 2.22. The van der Waals surface area contributed by atoms with Crippen LogP contribution in [0.3, 0.4) is 0 Å². The summed E-state index contributed by atoms with van der Waals surface area (Å²) in [6.45, 7) is 0.398. The summed E-state index contributed by atoms with van der Waals surface area (Å²) in [6.07, 6.45) is 2.90. The van der Waals surface area contributed by atoms with E-state index < -0.39 is 23.0 Å². The minimum absolute atomic E-state index is 0.140. The highest BCUT2D eigenvalue weighted by molar-refractivity contribution is 5.97. The zero-order valence-corrected chi connectivity index (χ0v) is 9.51. The number of ketones is 1. The summed E-state index contributed by atoms with van der Waals surface area (Å²) in [5.74, 6) is -2.06. The molecule has 0 aliphatic heterocycles. The molecular weight excluding hydrogens is 224 g/mol. The first-order chi connectivity index (χ1) is 8.08. The second kappa shape index (κ2) is 4.53. The number of halogens is 2. The van der Waals surface area contributed by atoms with Crippen molar-refractivity contribution in [1.82, 2.24) is 0 Å². The molecule has 2 N–H and O–H groups in total. The van der Waals surface area contributed by atoms with Crippen molar-refractivity contribution in [3.63, 3.8) is 0 Å². The van der Waals surface area contributed by atoms with Crippen LogP contribution < -0.4 is 5.73 Å². The molecule has 2 nitrogen and oxygen atoms in total. The highest BCUT2D eigenvalue weighted by Crippen LogP contribution is 2.43. The Hall–Kier alpha value is -1.29. The Morgan fingerprint density at radius 1 is 1.29 bits per heavy atom. The van der Waals surface area contributed by atoms with Crippen LogP contribution in [0.5, 0.6) is 0 Å². The van der Waals surface area contributed by atoms with Gasteiger partial charge in [-0.15, -0.1) is 0 Å². The molecule has 1 fully saturated rings. The highest BCUT2D eigenvalue weighted by atomic mass is 19.1. The van der Waals surface area contributed by atoms with Gasteiger partial charge in [0, 0.05) is 6.42 Å². The van der Waals surface area contributed by atoms with E-state index in [4.69, 9.17) is 5.73 Å². The van der Waals surface area contributed by atoms with Crippen molar-refractivity contribution in [3.05, 3.63) is 35.4 Å². The first-order valence-electron chi connectivity index (χ1n) is 5.75. The molecule has 1 aliphatic carbocycles. The van der Waals surface area contributed by atoms with Gasteiger partial charge in [0.15, 0.2) is 5.78 Å². The van der Waals surface area contributed by atoms with Gasteiger partial charge < -0.3 is 5.73 Å². The SMILES string of the molecule is NCC1(CC(=O)c2c(F)cccc2F)CCC1. The number of hydrogen-bond acceptors (Lipinski definition) is 2. The van der Waals surface area contributed by atoms with Crippen LogP contribution in [-0.2, 0) is 0 Å². The molecule has 2 rings (SSSR count). The number of rotatable bonds is 4. The normalized spacial score (nSPS) is 17.6. The van der Waals surface area contributed by atoms with Crippen molar-refractivity contribution in [2.45, 2.75) is 25.7 Å². The van der Waals surface area contributed by atoms with Crippen molar-refractivity contribution in [1.29, 1.82) is 0 Å². The van der Waals surface area contributed by atoms with E-state index in [2.05, 4.69) is 0 Å². The van der Waals surface area contributed by atoms with Gasteiger partial charge in [0.25, 0.3) is 0 Å². The zero-order chi connectivity index (χ0) is 12.5. The van der Waals surface area contributed by atoms with Crippen LogP contribution in [0.1, 0.15) is 36.0 Å². The van der Waals surface area contributed by atoms with E-state index >= 15 is 0 Å². The van der Waals surface area contributed by atoms with Crippen LogP contribution in [0.2, 0.25) is 0 Å². The first kappa shape index (κ1) is 12.2. The predicted molar refractivity (Wildman–Crippen MR) is 60.6 cm³/mol. The molecule has 1 aromatic carbocycles. The van der Waals surface area contributed by atoms with E-state index in [1.807, 2.05) is 0 Å². The van der Waals surface area contributed by atoms with Crippen LogP contribution in [0.25, 0.3) is 0 Å². The Balaban J connectivity index is 2.20. The van der Waals surface area contributed by atoms with Crippen molar-refractivity contribution in [2.75, 3.05) is 6.54 Å². The van der Waals surface area contributed by atoms with Gasteiger partial charge >= 0.3 is 0 Å². The lowest BCUT2D eigenvalue weighted by atomic mass is 9.65. The summed E-state index contributed by atoms with van der Waals surface area (Å²) in [4.78, 5) is 11.9. The van der Waals surface area contributed by atoms with Gasteiger partial charge in [-0.3, -0.25) is 4.79 Å². The summed E-state index contributed by atoms with van der Waals surface area (Å²) in [5.41, 5.74) is 4.98. The second-order valence-corrected chi connectivity index (χ2v) is 4.75. The van der Waals surface area contributed by atoms with Crippen LogP contribution in [0.15, 0.2) is 18.2 Å². The third-order valence-corrected chi connectivity index (χ3v) is 3.62. The van der Waals surface area contributed by atoms with Crippen LogP contribution in [0.4, 0.5) is 8.78 Å². The minimum atomic E-state index is -0.790. The van der Waals surface area contributed by atoms with Gasteiger partial charge in [-0.25, -0.2) is 8.78 Å². The summed E-state index contributed by atoms with van der Waals surface area (Å²) >= 11 is 0. The molecule has 0 spiro atoms. The molecule has 1 aliphatic rings. The fraction of sp³-hybridized carbons (Fsp3) is 0.462. The second-order valence-electron chi connectivity index (χ2n) is 4.75. The fourth-order valence-electron chi connectivity index (χ4n) is 2.32. The van der Waals surface area contributed by atoms with Gasteiger partial charge in [0.05, 0.1) is 5.56 Å². The average molecular weight is 239 g/mol. The standard InChI is InChI=1S/C13H15F2NO/c14-9-3-1-4-10(15)12(9)11(17)7-13(8-16)5-2-6-13/h1,3-4H,2,5-8,16H2. The monoisotopic (exact) mass is 239 g/mol. The molecule has 0 aromatic heterocycles. The molecule has 0 radical (unpaired) electrons. The van der Waals surface area contributed by atoms with Gasteiger partial charge in [0.2, 0.25) is 0 Å². The summed E-state index contributed by atoms with van der Waals surface area (Å²) < 4.78 is 26.8. The van der Waals surface area contributed by atoms with Crippen LogP contribution in [-0.4, -0.2) is 12.3 Å². The van der Waals surface area contributed by atoms with Gasteiger partial charge in [-0.05, 0) is 36.9 Å². The molecule has 0 saturated heterocycles. The zero-order valence-electron chi connectivity index (χ0n) is 9.51. The van der Waals surface area contributed by atoms with Crippen molar-refractivity contribution < 1.29 is 13.6 Å². The Bertz CT molecular complexity index is 415. The van der Waals surface area contributed by atoms with Gasteiger partial charge in [-0.2, -0.15) is 0 Å². The smallest absolute Gasteiger partial charge is 0.169 e. The molecular formula is C13H15F2NO. The van der Waals surface area contributed by atoms with E-state index in [-0.39, 0.29) is 11.8 Å². The number of benzene rings is 1. The van der Waals surface area contributed by atoms with Crippen molar-refractivity contribution in [3.8, 4) is 0 Å². The first-order valence-corrected chi connectivity index (χ1v) is 5.75. The van der Waals surface area contributed by atoms with Crippen LogP contribution >= 0.6 is 0 Å². The molecule has 4 heteroatoms. The van der Waals surface area contributed by atoms with Crippen molar-refractivity contribution >= 4 is 5.78 Å². The maximum atomic E-state index is 13.4. The highest BCUT2D eigenvalue weighted by Gasteiger charge is 2.38. The molecule has 0 heterocycles. The molecule has 17 heavy (non-hydrogen) atoms. The van der Waals surface area contributed by atoms with E-state index in [0.29, 0.717) is 6.54 Å². The lowest BCUT2D eigenvalue weighted by Gasteiger charge is -2.40. The third-order valence-electron chi connectivity index (χ3n) is 3.62. The molecule has 0 amide bonds.